The van der Waals surface area contributed by atoms with E-state index < -0.39 is 0 Å². The van der Waals surface area contributed by atoms with Crippen LogP contribution in [0.5, 0.6) is 0 Å². The minimum atomic E-state index is 0.0664. The predicted octanol–water partition coefficient (Wildman–Crippen LogP) is 3.56. The lowest BCUT2D eigenvalue weighted by molar-refractivity contribution is 0.819. The van der Waals surface area contributed by atoms with Gasteiger partial charge >= 0.3 is 0 Å². The molecule has 0 aromatic carbocycles. The Kier molecular flexibility index (Phi) is 4.37. The summed E-state index contributed by atoms with van der Waals surface area (Å²) in [6.45, 7) is 8.11. The number of aryl methyl sites for hydroxylation is 1. The second-order valence-electron chi connectivity index (χ2n) is 4.33. The maximum Gasteiger partial charge on any atom is 0.186 e. The van der Waals surface area contributed by atoms with Crippen molar-refractivity contribution in [3.05, 3.63) is 33.0 Å². The van der Waals surface area contributed by atoms with Crippen LogP contribution in [0, 0.1) is 6.92 Å². The number of thiophene rings is 1. The molecule has 18 heavy (non-hydrogen) atoms. The molecule has 1 unspecified atom stereocenters. The van der Waals surface area contributed by atoms with Crippen molar-refractivity contribution >= 4 is 27.8 Å². The molecule has 2 aromatic rings. The summed E-state index contributed by atoms with van der Waals surface area (Å²) in [6, 6.07) is 4.32. The van der Waals surface area contributed by atoms with Crippen molar-refractivity contribution < 1.29 is 0 Å². The highest BCUT2D eigenvalue weighted by Crippen LogP contribution is 2.30. The molecule has 0 saturated carbocycles. The van der Waals surface area contributed by atoms with E-state index in [1.54, 1.807) is 22.7 Å². The minimum absolute atomic E-state index is 0.0664. The molecule has 1 atom stereocenters. The fourth-order valence-electron chi connectivity index (χ4n) is 1.86. The van der Waals surface area contributed by atoms with Crippen LogP contribution in [0.3, 0.4) is 0 Å². The lowest BCUT2D eigenvalue weighted by Crippen LogP contribution is -2.21. The zero-order chi connectivity index (χ0) is 13.1. The molecule has 0 fully saturated rings. The number of nitrogens with zero attached hydrogens (tertiary/aromatic N) is 2. The van der Waals surface area contributed by atoms with Crippen LogP contribution < -0.4 is 10.6 Å². The van der Waals surface area contributed by atoms with Crippen LogP contribution in [0.15, 0.2) is 17.5 Å². The zero-order valence-corrected chi connectivity index (χ0v) is 12.6. The Morgan fingerprint density at radius 2 is 2.28 bits per heavy atom. The van der Waals surface area contributed by atoms with Crippen molar-refractivity contribution in [2.24, 2.45) is 5.73 Å². The van der Waals surface area contributed by atoms with Crippen LogP contribution in [-0.4, -0.2) is 11.5 Å². The van der Waals surface area contributed by atoms with Gasteiger partial charge in [0.05, 0.1) is 12.2 Å². The molecular formula is C13H19N3S2. The van der Waals surface area contributed by atoms with Crippen LogP contribution in [0.4, 0.5) is 5.13 Å². The fraction of sp³-hybridized carbons (Fsp3) is 0.462. The van der Waals surface area contributed by atoms with Gasteiger partial charge in [-0.25, -0.2) is 4.98 Å². The third kappa shape index (κ3) is 2.91. The van der Waals surface area contributed by atoms with Crippen LogP contribution in [-0.2, 0) is 6.54 Å². The van der Waals surface area contributed by atoms with E-state index in [4.69, 9.17) is 5.73 Å². The van der Waals surface area contributed by atoms with Crippen molar-refractivity contribution in [3.63, 3.8) is 0 Å². The van der Waals surface area contributed by atoms with Gasteiger partial charge in [0.1, 0.15) is 0 Å². The summed E-state index contributed by atoms with van der Waals surface area (Å²) in [5.74, 6) is 0. The number of aromatic nitrogens is 1. The summed E-state index contributed by atoms with van der Waals surface area (Å²) >= 11 is 3.51. The fourth-order valence-corrected chi connectivity index (χ4v) is 3.66. The Morgan fingerprint density at radius 3 is 2.78 bits per heavy atom. The summed E-state index contributed by atoms with van der Waals surface area (Å²) in [7, 11) is 0. The predicted molar refractivity (Wildman–Crippen MR) is 80.5 cm³/mol. The lowest BCUT2D eigenvalue weighted by atomic mass is 10.2. The second-order valence-corrected chi connectivity index (χ2v) is 6.37. The molecule has 0 aliphatic rings. The quantitative estimate of drug-likeness (QED) is 0.911. The van der Waals surface area contributed by atoms with Crippen LogP contribution >= 0.6 is 22.7 Å². The molecule has 0 aliphatic carbocycles. The molecular weight excluding hydrogens is 262 g/mol. The molecule has 3 nitrogen and oxygen atoms in total. The number of nitrogens with two attached hydrogens (primary N) is 1. The molecule has 98 valence electrons. The molecule has 0 amide bonds. The molecule has 2 rings (SSSR count). The van der Waals surface area contributed by atoms with Gasteiger partial charge in [0.25, 0.3) is 0 Å². The molecule has 5 heteroatoms. The van der Waals surface area contributed by atoms with Gasteiger partial charge in [-0.15, -0.1) is 22.7 Å². The molecule has 0 saturated heterocycles. The van der Waals surface area contributed by atoms with Crippen LogP contribution in [0.1, 0.15) is 35.3 Å². The first-order chi connectivity index (χ1) is 8.61. The second kappa shape index (κ2) is 5.82. The number of thiazole rings is 1. The molecule has 2 N–H and O–H groups in total. The topological polar surface area (TPSA) is 42.2 Å². The summed E-state index contributed by atoms with van der Waals surface area (Å²) in [6.07, 6.45) is 0. The zero-order valence-electron chi connectivity index (χ0n) is 11.0. The van der Waals surface area contributed by atoms with E-state index >= 15 is 0 Å². The average Bonchev–Trinajstić information content (AvgIpc) is 2.94. The van der Waals surface area contributed by atoms with Crippen LogP contribution in [0.2, 0.25) is 0 Å². The Morgan fingerprint density at radius 1 is 1.50 bits per heavy atom. The monoisotopic (exact) mass is 281 g/mol. The Hall–Kier alpha value is -0.910. The van der Waals surface area contributed by atoms with E-state index in [-0.39, 0.29) is 6.04 Å². The van der Waals surface area contributed by atoms with Crippen molar-refractivity contribution in [2.75, 3.05) is 11.4 Å². The van der Waals surface area contributed by atoms with E-state index in [9.17, 15) is 0 Å². The van der Waals surface area contributed by atoms with Crippen molar-refractivity contribution in [1.29, 1.82) is 0 Å². The first kappa shape index (κ1) is 13.5. The highest BCUT2D eigenvalue weighted by Gasteiger charge is 2.15. The lowest BCUT2D eigenvalue weighted by Gasteiger charge is -2.18. The Bertz CT molecular complexity index is 488. The number of rotatable bonds is 5. The Labute approximate surface area is 116 Å². The molecule has 2 heterocycles. The largest absolute Gasteiger partial charge is 0.343 e. The van der Waals surface area contributed by atoms with Crippen molar-refractivity contribution in [3.8, 4) is 0 Å². The van der Waals surface area contributed by atoms with E-state index in [0.29, 0.717) is 0 Å². The van der Waals surface area contributed by atoms with Gasteiger partial charge in [-0.05, 0) is 32.2 Å². The van der Waals surface area contributed by atoms with E-state index in [2.05, 4.69) is 34.3 Å². The van der Waals surface area contributed by atoms with E-state index in [1.165, 1.54) is 9.75 Å². The summed E-state index contributed by atoms with van der Waals surface area (Å²) in [5, 5.41) is 3.19. The summed E-state index contributed by atoms with van der Waals surface area (Å²) in [4.78, 5) is 9.51. The normalized spacial score (nSPS) is 12.7. The smallest absolute Gasteiger partial charge is 0.186 e. The molecule has 0 spiro atoms. The van der Waals surface area contributed by atoms with Crippen LogP contribution in [0.25, 0.3) is 0 Å². The standard InChI is InChI=1S/C13H19N3S2/c1-4-16(8-11-6-5-7-17-11)13-15-10(3)12(18-13)9(2)14/h5-7,9H,4,8,14H2,1-3H3. The van der Waals surface area contributed by atoms with Gasteiger partial charge in [0, 0.05) is 22.3 Å². The van der Waals surface area contributed by atoms with Gasteiger partial charge in [-0.2, -0.15) is 0 Å². The molecule has 0 aliphatic heterocycles. The maximum atomic E-state index is 5.96. The van der Waals surface area contributed by atoms with Gasteiger partial charge in [-0.3, -0.25) is 0 Å². The first-order valence-corrected chi connectivity index (χ1v) is 7.81. The van der Waals surface area contributed by atoms with Crippen molar-refractivity contribution in [1.82, 2.24) is 4.98 Å². The average molecular weight is 281 g/mol. The summed E-state index contributed by atoms with van der Waals surface area (Å²) < 4.78 is 0. The third-order valence-electron chi connectivity index (χ3n) is 2.81. The first-order valence-electron chi connectivity index (χ1n) is 6.12. The van der Waals surface area contributed by atoms with Gasteiger partial charge < -0.3 is 10.6 Å². The highest BCUT2D eigenvalue weighted by molar-refractivity contribution is 7.15. The molecule has 0 bridgehead atoms. The third-order valence-corrected chi connectivity index (χ3v) is 5.09. The van der Waals surface area contributed by atoms with E-state index in [1.807, 2.05) is 13.8 Å². The van der Waals surface area contributed by atoms with Gasteiger partial charge in [0.15, 0.2) is 5.13 Å². The van der Waals surface area contributed by atoms with Gasteiger partial charge in [0.2, 0.25) is 0 Å². The Balaban J connectivity index is 2.19. The van der Waals surface area contributed by atoms with E-state index in [0.717, 1.165) is 23.9 Å². The maximum absolute atomic E-state index is 5.96. The summed E-state index contributed by atoms with van der Waals surface area (Å²) in [5.41, 5.74) is 7.02. The van der Waals surface area contributed by atoms with Gasteiger partial charge in [-0.1, -0.05) is 6.07 Å². The molecule has 2 aromatic heterocycles. The number of anilines is 1. The van der Waals surface area contributed by atoms with Crippen molar-refractivity contribution in [2.45, 2.75) is 33.4 Å². The minimum Gasteiger partial charge on any atom is -0.343 e. The molecule has 0 radical (unpaired) electrons. The number of hydrogen-bond donors (Lipinski definition) is 1. The SMILES string of the molecule is CCN(Cc1cccs1)c1nc(C)c(C(C)N)s1. The highest BCUT2D eigenvalue weighted by atomic mass is 32.1. The number of hydrogen-bond acceptors (Lipinski definition) is 5.